The van der Waals surface area contributed by atoms with Gasteiger partial charge in [-0.15, -0.1) is 0 Å². The summed E-state index contributed by atoms with van der Waals surface area (Å²) in [6, 6.07) is 46.1. The molecule has 0 heterocycles. The summed E-state index contributed by atoms with van der Waals surface area (Å²) in [5.41, 5.74) is 13.5. The van der Waals surface area contributed by atoms with E-state index in [1.807, 2.05) is 0 Å². The highest BCUT2D eigenvalue weighted by molar-refractivity contribution is 5.84. The van der Waals surface area contributed by atoms with Gasteiger partial charge in [0.1, 0.15) is 0 Å². The minimum absolute atomic E-state index is 0.241. The Kier molecular flexibility index (Phi) is 8.99. The molecule has 7 rings (SSSR count). The quantitative estimate of drug-likeness (QED) is 0.169. The van der Waals surface area contributed by atoms with Gasteiger partial charge in [-0.2, -0.15) is 0 Å². The second-order valence-electron chi connectivity index (χ2n) is 13.4. The van der Waals surface area contributed by atoms with Crippen LogP contribution in [0.15, 0.2) is 170 Å². The van der Waals surface area contributed by atoms with E-state index in [-0.39, 0.29) is 5.92 Å². The summed E-state index contributed by atoms with van der Waals surface area (Å²) < 4.78 is 0. The summed E-state index contributed by atoms with van der Waals surface area (Å²) in [5.74, 6) is 1.09. The first-order chi connectivity index (χ1) is 23.4. The van der Waals surface area contributed by atoms with Gasteiger partial charge < -0.3 is 9.80 Å². The van der Waals surface area contributed by atoms with Crippen molar-refractivity contribution in [3.05, 3.63) is 192 Å². The van der Waals surface area contributed by atoms with Crippen LogP contribution in [0.1, 0.15) is 48.4 Å². The molecule has 0 fully saturated rings. The molecule has 3 unspecified atom stereocenters. The Labute approximate surface area is 286 Å². The fraction of sp³-hybridized carbons (Fsp3) is 0.174. The van der Waals surface area contributed by atoms with E-state index >= 15 is 0 Å². The minimum Gasteiger partial charge on any atom is -0.311 e. The Morgan fingerprint density at radius 3 is 1.71 bits per heavy atom. The van der Waals surface area contributed by atoms with Gasteiger partial charge in [-0.05, 0) is 127 Å². The molecule has 3 atom stereocenters. The molecule has 2 aliphatic carbocycles. The largest absolute Gasteiger partial charge is 0.311 e. The molecule has 0 bridgehead atoms. The number of aryl methyl sites for hydroxylation is 2. The minimum atomic E-state index is 0.241. The van der Waals surface area contributed by atoms with Crippen LogP contribution in [-0.2, 0) is 0 Å². The monoisotopic (exact) mass is 624 g/mol. The highest BCUT2D eigenvalue weighted by Crippen LogP contribution is 2.43. The Hall–Kier alpha value is -5.34. The zero-order valence-electron chi connectivity index (χ0n) is 28.4. The van der Waals surface area contributed by atoms with Crippen LogP contribution in [-0.4, -0.2) is 0 Å². The second kappa shape index (κ2) is 13.8. The van der Waals surface area contributed by atoms with Crippen molar-refractivity contribution < 1.29 is 0 Å². The molecule has 2 nitrogen and oxygen atoms in total. The van der Waals surface area contributed by atoms with Crippen molar-refractivity contribution in [2.24, 2.45) is 11.8 Å². The van der Waals surface area contributed by atoms with Crippen LogP contribution in [0, 0.1) is 25.7 Å². The molecular formula is C46H44N2. The first-order valence-corrected chi connectivity index (χ1v) is 17.2. The van der Waals surface area contributed by atoms with Crippen molar-refractivity contribution in [2.45, 2.75) is 40.0 Å². The van der Waals surface area contributed by atoms with E-state index in [9.17, 15) is 0 Å². The summed E-state index contributed by atoms with van der Waals surface area (Å²) in [4.78, 5) is 4.77. The molecule has 0 saturated heterocycles. The van der Waals surface area contributed by atoms with Crippen molar-refractivity contribution in [3.8, 4) is 0 Å². The molecule has 5 aromatic carbocycles. The number of nitrogens with zero attached hydrogens (tertiary/aromatic N) is 2. The fourth-order valence-electron chi connectivity index (χ4n) is 7.08. The first-order valence-electron chi connectivity index (χ1n) is 17.2. The van der Waals surface area contributed by atoms with Crippen molar-refractivity contribution in [1.82, 2.24) is 0 Å². The number of allylic oxidation sites excluding steroid dienone is 7. The molecule has 2 heteroatoms. The van der Waals surface area contributed by atoms with E-state index in [0.29, 0.717) is 11.8 Å². The van der Waals surface area contributed by atoms with Gasteiger partial charge in [-0.1, -0.05) is 111 Å². The maximum atomic E-state index is 2.45. The predicted octanol–water partition coefficient (Wildman–Crippen LogP) is 12.8. The van der Waals surface area contributed by atoms with E-state index in [4.69, 9.17) is 0 Å². The van der Waals surface area contributed by atoms with Crippen LogP contribution in [0.25, 0.3) is 5.57 Å². The van der Waals surface area contributed by atoms with E-state index < -0.39 is 0 Å². The molecule has 0 saturated carbocycles. The maximum absolute atomic E-state index is 2.45. The number of anilines is 5. The molecule has 0 aliphatic heterocycles. The maximum Gasteiger partial charge on any atom is 0.0467 e. The van der Waals surface area contributed by atoms with E-state index in [0.717, 1.165) is 23.5 Å². The zero-order valence-corrected chi connectivity index (χ0v) is 28.4. The van der Waals surface area contributed by atoms with Crippen LogP contribution in [0.5, 0.6) is 0 Å². The van der Waals surface area contributed by atoms with Gasteiger partial charge in [0, 0.05) is 40.1 Å². The molecule has 0 aromatic heterocycles. The van der Waals surface area contributed by atoms with Crippen molar-refractivity contribution in [1.29, 1.82) is 0 Å². The molecule has 0 spiro atoms. The molecule has 0 radical (unpaired) electrons. The SMILES string of the molecule is Cc1cccc(N(C2=CC(C)C(c3ccc(N(c4ccccc4)c4cccc(C)c4)cc3C3=CCC(C)C=C3)C=C2)c2ccccc2)c1. The summed E-state index contributed by atoms with van der Waals surface area (Å²) in [6.07, 6.45) is 15.4. The smallest absolute Gasteiger partial charge is 0.0467 e. The highest BCUT2D eigenvalue weighted by atomic mass is 15.1. The summed E-state index contributed by atoms with van der Waals surface area (Å²) in [6.45, 7) is 8.98. The standard InChI is InChI=1S/C46H44N2/c1-33-21-23-37(24-22-33)46-32-43(48(39-17-9-6-10-18-39)41-20-12-14-35(3)30-41)26-28-45(46)44-27-25-42(31-36(44)4)47(38-15-7-5-8-16-38)40-19-11-13-34(2)29-40/h5-21,23-33,36,44H,22H2,1-4H3. The van der Waals surface area contributed by atoms with E-state index in [1.54, 1.807) is 0 Å². The van der Waals surface area contributed by atoms with Crippen LogP contribution in [0.2, 0.25) is 0 Å². The van der Waals surface area contributed by atoms with Gasteiger partial charge in [-0.25, -0.2) is 0 Å². The van der Waals surface area contributed by atoms with Crippen LogP contribution in [0.4, 0.5) is 28.4 Å². The number of para-hydroxylation sites is 2. The molecule has 2 aliphatic rings. The average Bonchev–Trinajstić information content (AvgIpc) is 3.10. The Morgan fingerprint density at radius 2 is 1.12 bits per heavy atom. The van der Waals surface area contributed by atoms with E-state index in [1.165, 1.54) is 44.9 Å². The summed E-state index contributed by atoms with van der Waals surface area (Å²) >= 11 is 0. The van der Waals surface area contributed by atoms with Crippen molar-refractivity contribution in [2.75, 3.05) is 9.80 Å². The highest BCUT2D eigenvalue weighted by Gasteiger charge is 2.26. The van der Waals surface area contributed by atoms with E-state index in [2.05, 4.69) is 201 Å². The Bertz CT molecular complexity index is 2010. The third kappa shape index (κ3) is 6.57. The summed E-state index contributed by atoms with van der Waals surface area (Å²) in [7, 11) is 0. The lowest BCUT2D eigenvalue weighted by Crippen LogP contribution is -2.21. The molecule has 0 amide bonds. The third-order valence-electron chi connectivity index (χ3n) is 9.56. The number of hydrogen-bond acceptors (Lipinski definition) is 2. The predicted molar refractivity (Wildman–Crippen MR) is 206 cm³/mol. The molecule has 48 heavy (non-hydrogen) atoms. The Balaban J connectivity index is 1.31. The van der Waals surface area contributed by atoms with Crippen LogP contribution >= 0.6 is 0 Å². The topological polar surface area (TPSA) is 6.48 Å². The Morgan fingerprint density at radius 1 is 0.542 bits per heavy atom. The van der Waals surface area contributed by atoms with Gasteiger partial charge in [-0.3, -0.25) is 0 Å². The van der Waals surface area contributed by atoms with Gasteiger partial charge in [0.2, 0.25) is 0 Å². The lowest BCUT2D eigenvalue weighted by molar-refractivity contribution is 0.627. The fourth-order valence-corrected chi connectivity index (χ4v) is 7.08. The molecule has 5 aromatic rings. The second-order valence-corrected chi connectivity index (χ2v) is 13.4. The van der Waals surface area contributed by atoms with Crippen LogP contribution in [0.3, 0.4) is 0 Å². The van der Waals surface area contributed by atoms with Crippen molar-refractivity contribution in [3.63, 3.8) is 0 Å². The van der Waals surface area contributed by atoms with Gasteiger partial charge in [0.15, 0.2) is 0 Å². The average molecular weight is 625 g/mol. The molecule has 0 N–H and O–H groups in total. The first kappa shape index (κ1) is 31.3. The number of hydrogen-bond donors (Lipinski definition) is 0. The lowest BCUT2D eigenvalue weighted by Gasteiger charge is -2.33. The third-order valence-corrected chi connectivity index (χ3v) is 9.56. The van der Waals surface area contributed by atoms with Crippen molar-refractivity contribution >= 4 is 34.0 Å². The zero-order chi connectivity index (χ0) is 33.0. The van der Waals surface area contributed by atoms with Gasteiger partial charge >= 0.3 is 0 Å². The number of rotatable bonds is 8. The molecule has 238 valence electrons. The normalized spacial score (nSPS) is 18.6. The molecular weight excluding hydrogens is 581 g/mol. The van der Waals surface area contributed by atoms with Gasteiger partial charge in [0.05, 0.1) is 0 Å². The van der Waals surface area contributed by atoms with Crippen LogP contribution < -0.4 is 9.80 Å². The van der Waals surface area contributed by atoms with Gasteiger partial charge in [0.25, 0.3) is 0 Å². The summed E-state index contributed by atoms with van der Waals surface area (Å²) in [5, 5.41) is 0. The number of benzene rings is 5. The lowest BCUT2D eigenvalue weighted by atomic mass is 9.78.